The van der Waals surface area contributed by atoms with Gasteiger partial charge in [0.1, 0.15) is 0 Å². The average Bonchev–Trinajstić information content (AvgIpc) is 3.37. The monoisotopic (exact) mass is 374 g/mol. The summed E-state index contributed by atoms with van der Waals surface area (Å²) < 4.78 is 11.3. The van der Waals surface area contributed by atoms with Crippen LogP contribution in [0, 0.1) is 0 Å². The molecule has 150 valence electrons. The first-order chi connectivity index (χ1) is 13.3. The number of rotatable bonds is 9. The number of para-hydroxylation sites is 1. The lowest BCUT2D eigenvalue weighted by Crippen LogP contribution is -2.44. The van der Waals surface area contributed by atoms with Crippen LogP contribution in [0.3, 0.4) is 0 Å². The summed E-state index contributed by atoms with van der Waals surface area (Å²) >= 11 is 0. The van der Waals surface area contributed by atoms with Crippen LogP contribution in [0.15, 0.2) is 35.3 Å². The highest BCUT2D eigenvalue weighted by molar-refractivity contribution is 5.80. The molecule has 0 spiro atoms. The van der Waals surface area contributed by atoms with E-state index in [-0.39, 0.29) is 0 Å². The Balaban J connectivity index is 1.36. The molecular weight excluding hydrogens is 340 g/mol. The maximum atomic E-state index is 5.71. The van der Waals surface area contributed by atoms with Crippen LogP contribution in [0.5, 0.6) is 0 Å². The fourth-order valence-corrected chi connectivity index (χ4v) is 3.61. The number of hydrogen-bond acceptors (Lipinski definition) is 4. The molecule has 6 heteroatoms. The van der Waals surface area contributed by atoms with E-state index in [0.717, 1.165) is 71.2 Å². The Hall–Kier alpha value is -1.79. The van der Waals surface area contributed by atoms with Crippen molar-refractivity contribution in [3.8, 4) is 0 Å². The second-order valence-electron chi connectivity index (χ2n) is 7.24. The predicted molar refractivity (Wildman–Crippen MR) is 111 cm³/mol. The van der Waals surface area contributed by atoms with Crippen LogP contribution < -0.4 is 15.5 Å². The molecule has 2 aliphatic heterocycles. The molecule has 2 unspecified atom stereocenters. The summed E-state index contributed by atoms with van der Waals surface area (Å²) in [5.41, 5.74) is 1.30. The van der Waals surface area contributed by atoms with Crippen molar-refractivity contribution in [1.29, 1.82) is 0 Å². The Kier molecular flexibility index (Phi) is 8.24. The van der Waals surface area contributed by atoms with Gasteiger partial charge in [0.2, 0.25) is 0 Å². The quantitative estimate of drug-likeness (QED) is 0.395. The van der Waals surface area contributed by atoms with Crippen molar-refractivity contribution < 1.29 is 9.47 Å². The molecule has 0 radical (unpaired) electrons. The average molecular weight is 375 g/mol. The van der Waals surface area contributed by atoms with Crippen molar-refractivity contribution in [3.05, 3.63) is 30.3 Å². The molecule has 3 rings (SSSR count). The molecule has 0 saturated carbocycles. The van der Waals surface area contributed by atoms with E-state index < -0.39 is 0 Å². The molecule has 2 fully saturated rings. The highest BCUT2D eigenvalue weighted by atomic mass is 16.5. The maximum Gasteiger partial charge on any atom is 0.191 e. The summed E-state index contributed by atoms with van der Waals surface area (Å²) in [4.78, 5) is 7.14. The highest BCUT2D eigenvalue weighted by Gasteiger charge is 2.23. The first-order valence-corrected chi connectivity index (χ1v) is 10.4. The Morgan fingerprint density at radius 3 is 2.96 bits per heavy atom. The fourth-order valence-electron chi connectivity index (χ4n) is 3.61. The van der Waals surface area contributed by atoms with Gasteiger partial charge < -0.3 is 25.0 Å². The zero-order valence-corrected chi connectivity index (χ0v) is 16.5. The van der Waals surface area contributed by atoms with E-state index in [1.165, 1.54) is 12.1 Å². The second-order valence-corrected chi connectivity index (χ2v) is 7.24. The third kappa shape index (κ3) is 6.70. The molecule has 2 aliphatic rings. The van der Waals surface area contributed by atoms with Gasteiger partial charge in [0.15, 0.2) is 5.96 Å². The van der Waals surface area contributed by atoms with Crippen LogP contribution in [0.1, 0.15) is 32.6 Å². The minimum absolute atomic E-state index is 0.308. The molecule has 2 saturated heterocycles. The maximum absolute atomic E-state index is 5.71. The molecule has 0 bridgehead atoms. The Labute approximate surface area is 163 Å². The zero-order chi connectivity index (χ0) is 18.7. The Morgan fingerprint density at radius 2 is 2.19 bits per heavy atom. The van der Waals surface area contributed by atoms with E-state index in [1.807, 2.05) is 0 Å². The van der Waals surface area contributed by atoms with Crippen molar-refractivity contribution >= 4 is 11.6 Å². The number of anilines is 1. The SMILES string of the molecule is CCNC(=NCCCOCC1CCCO1)NC1CCN(c2ccccc2)C1. The van der Waals surface area contributed by atoms with Crippen molar-refractivity contribution in [2.75, 3.05) is 50.9 Å². The van der Waals surface area contributed by atoms with Gasteiger partial charge in [-0.3, -0.25) is 4.99 Å². The second kappa shape index (κ2) is 11.1. The van der Waals surface area contributed by atoms with Crippen LogP contribution in [0.4, 0.5) is 5.69 Å². The van der Waals surface area contributed by atoms with Crippen LogP contribution >= 0.6 is 0 Å². The van der Waals surface area contributed by atoms with Gasteiger partial charge in [-0.2, -0.15) is 0 Å². The van der Waals surface area contributed by atoms with Crippen LogP contribution in [0.25, 0.3) is 0 Å². The predicted octanol–water partition coefficient (Wildman–Crippen LogP) is 2.41. The van der Waals surface area contributed by atoms with Gasteiger partial charge in [-0.15, -0.1) is 0 Å². The summed E-state index contributed by atoms with van der Waals surface area (Å²) in [6.07, 6.45) is 4.67. The van der Waals surface area contributed by atoms with Gasteiger partial charge in [-0.05, 0) is 44.7 Å². The van der Waals surface area contributed by atoms with E-state index >= 15 is 0 Å². The first-order valence-electron chi connectivity index (χ1n) is 10.4. The molecule has 0 aromatic heterocycles. The van der Waals surface area contributed by atoms with Crippen molar-refractivity contribution in [1.82, 2.24) is 10.6 Å². The molecule has 6 nitrogen and oxygen atoms in total. The lowest BCUT2D eigenvalue weighted by Gasteiger charge is -2.20. The molecule has 1 aromatic rings. The lowest BCUT2D eigenvalue weighted by atomic mass is 10.2. The number of benzene rings is 1. The Bertz CT molecular complexity index is 561. The van der Waals surface area contributed by atoms with E-state index in [4.69, 9.17) is 14.5 Å². The van der Waals surface area contributed by atoms with Crippen LogP contribution in [-0.2, 0) is 9.47 Å². The minimum Gasteiger partial charge on any atom is -0.379 e. The third-order valence-electron chi connectivity index (χ3n) is 5.04. The van der Waals surface area contributed by atoms with Gasteiger partial charge in [0.05, 0.1) is 12.7 Å². The number of guanidine groups is 1. The van der Waals surface area contributed by atoms with Crippen molar-refractivity contribution in [3.63, 3.8) is 0 Å². The van der Waals surface area contributed by atoms with Crippen molar-refractivity contribution in [2.45, 2.75) is 44.8 Å². The van der Waals surface area contributed by atoms with E-state index in [0.29, 0.717) is 12.1 Å². The number of ether oxygens (including phenoxy) is 2. The number of nitrogens with zero attached hydrogens (tertiary/aromatic N) is 2. The summed E-state index contributed by atoms with van der Waals surface area (Å²) in [5, 5.41) is 6.95. The third-order valence-corrected chi connectivity index (χ3v) is 5.04. The standard InChI is InChI=1S/C21H34N4O2/c1-2-22-21(23-12-7-14-26-17-20-10-6-15-27-20)24-18-11-13-25(16-18)19-8-4-3-5-9-19/h3-5,8-9,18,20H,2,6-7,10-17H2,1H3,(H2,22,23,24). The molecule has 2 atom stereocenters. The normalized spacial score (nSPS) is 23.0. The van der Waals surface area contributed by atoms with E-state index in [2.05, 4.69) is 52.8 Å². The first kappa shape index (κ1) is 20.0. The largest absolute Gasteiger partial charge is 0.379 e. The fraction of sp³-hybridized carbons (Fsp3) is 0.667. The lowest BCUT2D eigenvalue weighted by molar-refractivity contribution is 0.0171. The molecule has 2 heterocycles. The molecule has 27 heavy (non-hydrogen) atoms. The molecule has 0 amide bonds. The smallest absolute Gasteiger partial charge is 0.191 e. The number of nitrogens with one attached hydrogen (secondary N) is 2. The molecular formula is C21H34N4O2. The van der Waals surface area contributed by atoms with Gasteiger partial charge in [-0.1, -0.05) is 18.2 Å². The summed E-state index contributed by atoms with van der Waals surface area (Å²) in [6.45, 7) is 8.20. The minimum atomic E-state index is 0.308. The van der Waals surface area contributed by atoms with Crippen LogP contribution in [-0.4, -0.2) is 64.1 Å². The van der Waals surface area contributed by atoms with Gasteiger partial charge in [0, 0.05) is 51.1 Å². The summed E-state index contributed by atoms with van der Waals surface area (Å²) in [5.74, 6) is 0.913. The Morgan fingerprint density at radius 1 is 1.30 bits per heavy atom. The van der Waals surface area contributed by atoms with Crippen LogP contribution in [0.2, 0.25) is 0 Å². The van der Waals surface area contributed by atoms with E-state index in [9.17, 15) is 0 Å². The van der Waals surface area contributed by atoms with Crippen molar-refractivity contribution in [2.24, 2.45) is 4.99 Å². The number of hydrogen-bond donors (Lipinski definition) is 2. The van der Waals surface area contributed by atoms with Gasteiger partial charge >= 0.3 is 0 Å². The highest BCUT2D eigenvalue weighted by Crippen LogP contribution is 2.19. The summed E-state index contributed by atoms with van der Waals surface area (Å²) in [6, 6.07) is 11.1. The van der Waals surface area contributed by atoms with Gasteiger partial charge in [0.25, 0.3) is 0 Å². The topological polar surface area (TPSA) is 58.1 Å². The molecule has 2 N–H and O–H groups in total. The number of aliphatic imine (C=N–C) groups is 1. The summed E-state index contributed by atoms with van der Waals surface area (Å²) in [7, 11) is 0. The van der Waals surface area contributed by atoms with E-state index in [1.54, 1.807) is 0 Å². The zero-order valence-electron chi connectivity index (χ0n) is 16.5. The molecule has 0 aliphatic carbocycles. The molecule has 1 aromatic carbocycles. The van der Waals surface area contributed by atoms with Gasteiger partial charge in [-0.25, -0.2) is 0 Å².